The molecule has 2 amide bonds. The van der Waals surface area contributed by atoms with Crippen LogP contribution in [0.2, 0.25) is 0 Å². The molecule has 162 valence electrons. The van der Waals surface area contributed by atoms with Gasteiger partial charge in [0.1, 0.15) is 11.5 Å². The van der Waals surface area contributed by atoms with E-state index in [2.05, 4.69) is 10.6 Å². The van der Waals surface area contributed by atoms with E-state index in [1.165, 1.54) is 0 Å². The fraction of sp³-hybridized carbons (Fsp3) is 0.280. The molecule has 0 unspecified atom stereocenters. The molecule has 0 saturated carbocycles. The molecule has 0 radical (unpaired) electrons. The van der Waals surface area contributed by atoms with Gasteiger partial charge in [-0.15, -0.1) is 0 Å². The fourth-order valence-electron chi connectivity index (χ4n) is 3.25. The lowest BCUT2D eigenvalue weighted by atomic mass is 10.0. The molecule has 0 aliphatic carbocycles. The van der Waals surface area contributed by atoms with E-state index in [1.807, 2.05) is 69.3 Å². The van der Waals surface area contributed by atoms with Crippen molar-refractivity contribution in [1.29, 1.82) is 0 Å². The Morgan fingerprint density at radius 2 is 1.61 bits per heavy atom. The van der Waals surface area contributed by atoms with Gasteiger partial charge in [0.15, 0.2) is 0 Å². The lowest BCUT2D eigenvalue weighted by Crippen LogP contribution is -2.36. The number of para-hydroxylation sites is 1. The summed E-state index contributed by atoms with van der Waals surface area (Å²) in [6.07, 6.45) is -0.543. The van der Waals surface area contributed by atoms with E-state index >= 15 is 0 Å². The van der Waals surface area contributed by atoms with Crippen LogP contribution in [0.25, 0.3) is 10.8 Å². The number of nitrogens with one attached hydrogen (secondary N) is 2. The van der Waals surface area contributed by atoms with Crippen molar-refractivity contribution in [2.45, 2.75) is 26.7 Å². The van der Waals surface area contributed by atoms with Crippen LogP contribution < -0.4 is 20.1 Å². The second kappa shape index (κ2) is 10.5. The summed E-state index contributed by atoms with van der Waals surface area (Å²) in [5, 5.41) is 7.44. The van der Waals surface area contributed by atoms with Gasteiger partial charge in [0.05, 0.1) is 6.61 Å². The minimum atomic E-state index is -0.543. The molecular formula is C25H28N2O4. The van der Waals surface area contributed by atoms with Gasteiger partial charge in [-0.25, -0.2) is 4.79 Å². The fourth-order valence-corrected chi connectivity index (χ4v) is 3.25. The summed E-state index contributed by atoms with van der Waals surface area (Å²) in [6, 6.07) is 18.7. The van der Waals surface area contributed by atoms with Gasteiger partial charge in [-0.1, -0.05) is 44.2 Å². The summed E-state index contributed by atoms with van der Waals surface area (Å²) < 4.78 is 10.9. The topological polar surface area (TPSA) is 76.7 Å². The quantitative estimate of drug-likeness (QED) is 0.509. The Balaban J connectivity index is 1.49. The lowest BCUT2D eigenvalue weighted by molar-refractivity contribution is 0.0953. The second-order valence-electron chi connectivity index (χ2n) is 7.42. The van der Waals surface area contributed by atoms with E-state index in [0.29, 0.717) is 24.5 Å². The highest BCUT2D eigenvalue weighted by molar-refractivity contribution is 5.98. The standard InChI is InChI=1S/C25H28N2O4/c1-4-30-21-12-11-18-15-20(10-9-19(18)16-21)24(28)26-13-14-27-25(29)31-23-8-6-5-7-22(23)17(2)3/h5-12,15-17H,4,13-14H2,1-3H3,(H,26,28)(H,27,29). The molecule has 3 aromatic carbocycles. The Labute approximate surface area is 182 Å². The van der Waals surface area contributed by atoms with Crippen LogP contribution >= 0.6 is 0 Å². The van der Waals surface area contributed by atoms with Crippen molar-refractivity contribution in [2.75, 3.05) is 19.7 Å². The van der Waals surface area contributed by atoms with E-state index in [4.69, 9.17) is 9.47 Å². The van der Waals surface area contributed by atoms with Crippen LogP contribution in [0.5, 0.6) is 11.5 Å². The molecular weight excluding hydrogens is 392 g/mol. The maximum atomic E-state index is 12.4. The summed E-state index contributed by atoms with van der Waals surface area (Å²) in [5.41, 5.74) is 1.53. The Hall–Kier alpha value is -3.54. The Morgan fingerprint density at radius 3 is 2.39 bits per heavy atom. The Kier molecular flexibility index (Phi) is 7.49. The van der Waals surface area contributed by atoms with Crippen molar-refractivity contribution in [3.05, 3.63) is 71.8 Å². The molecule has 2 N–H and O–H groups in total. The minimum absolute atomic E-state index is 0.198. The third-order valence-corrected chi connectivity index (χ3v) is 4.81. The number of hydrogen-bond acceptors (Lipinski definition) is 4. The molecule has 0 bridgehead atoms. The van der Waals surface area contributed by atoms with Gasteiger partial charge in [-0.05, 0) is 59.5 Å². The number of amides is 2. The van der Waals surface area contributed by atoms with Gasteiger partial charge in [-0.2, -0.15) is 0 Å². The monoisotopic (exact) mass is 420 g/mol. The van der Waals surface area contributed by atoms with Crippen molar-refractivity contribution < 1.29 is 19.1 Å². The largest absolute Gasteiger partial charge is 0.494 e. The molecule has 0 fully saturated rings. The SMILES string of the molecule is CCOc1ccc2cc(C(=O)NCCNC(=O)Oc3ccccc3C(C)C)ccc2c1. The first-order valence-corrected chi connectivity index (χ1v) is 10.5. The summed E-state index contributed by atoms with van der Waals surface area (Å²) >= 11 is 0. The smallest absolute Gasteiger partial charge is 0.412 e. The van der Waals surface area contributed by atoms with Gasteiger partial charge < -0.3 is 20.1 Å². The third kappa shape index (κ3) is 5.98. The zero-order valence-corrected chi connectivity index (χ0v) is 18.1. The molecule has 0 aliphatic heterocycles. The number of hydrogen-bond donors (Lipinski definition) is 2. The molecule has 0 aromatic heterocycles. The number of rotatable bonds is 8. The van der Waals surface area contributed by atoms with E-state index in [9.17, 15) is 9.59 Å². The van der Waals surface area contributed by atoms with Crippen molar-refractivity contribution in [3.8, 4) is 11.5 Å². The summed E-state index contributed by atoms with van der Waals surface area (Å²) in [4.78, 5) is 24.5. The molecule has 0 aliphatic rings. The molecule has 0 heterocycles. The van der Waals surface area contributed by atoms with Crippen LogP contribution in [0.3, 0.4) is 0 Å². The molecule has 3 rings (SSSR count). The Bertz CT molecular complexity index is 1060. The maximum absolute atomic E-state index is 12.4. The molecule has 0 spiro atoms. The first-order chi connectivity index (χ1) is 15.0. The van der Waals surface area contributed by atoms with E-state index in [0.717, 1.165) is 22.1 Å². The molecule has 3 aromatic rings. The van der Waals surface area contributed by atoms with Gasteiger partial charge >= 0.3 is 6.09 Å². The van der Waals surface area contributed by atoms with E-state index in [1.54, 1.807) is 12.1 Å². The molecule has 0 saturated heterocycles. The zero-order chi connectivity index (χ0) is 22.2. The maximum Gasteiger partial charge on any atom is 0.412 e. The van der Waals surface area contributed by atoms with Crippen LogP contribution in [0.4, 0.5) is 4.79 Å². The average Bonchev–Trinajstić information content (AvgIpc) is 2.76. The first-order valence-electron chi connectivity index (χ1n) is 10.5. The van der Waals surface area contributed by atoms with Crippen molar-refractivity contribution in [3.63, 3.8) is 0 Å². The van der Waals surface area contributed by atoms with Crippen LogP contribution in [-0.2, 0) is 0 Å². The third-order valence-electron chi connectivity index (χ3n) is 4.81. The van der Waals surface area contributed by atoms with Crippen molar-refractivity contribution in [2.24, 2.45) is 0 Å². The van der Waals surface area contributed by atoms with E-state index in [-0.39, 0.29) is 18.4 Å². The predicted octanol–water partition coefficient (Wildman–Crippen LogP) is 4.88. The normalized spacial score (nSPS) is 10.7. The van der Waals surface area contributed by atoms with Gasteiger partial charge in [0.2, 0.25) is 0 Å². The number of ether oxygens (including phenoxy) is 2. The highest BCUT2D eigenvalue weighted by Gasteiger charge is 2.11. The summed E-state index contributed by atoms with van der Waals surface area (Å²) in [6.45, 7) is 7.19. The summed E-state index contributed by atoms with van der Waals surface area (Å²) in [5.74, 6) is 1.40. The second-order valence-corrected chi connectivity index (χ2v) is 7.42. The predicted molar refractivity (Wildman–Crippen MR) is 122 cm³/mol. The molecule has 31 heavy (non-hydrogen) atoms. The van der Waals surface area contributed by atoms with Crippen LogP contribution in [-0.4, -0.2) is 31.7 Å². The highest BCUT2D eigenvalue weighted by atomic mass is 16.6. The number of fused-ring (bicyclic) bond motifs is 1. The first kappa shape index (κ1) is 22.2. The number of carbonyl (C=O) groups excluding carboxylic acids is 2. The van der Waals surface area contributed by atoms with Gasteiger partial charge in [0.25, 0.3) is 5.91 Å². The van der Waals surface area contributed by atoms with Crippen LogP contribution in [0.1, 0.15) is 42.6 Å². The minimum Gasteiger partial charge on any atom is -0.494 e. The van der Waals surface area contributed by atoms with Crippen LogP contribution in [0.15, 0.2) is 60.7 Å². The van der Waals surface area contributed by atoms with Gasteiger partial charge in [0, 0.05) is 18.7 Å². The van der Waals surface area contributed by atoms with Crippen LogP contribution in [0, 0.1) is 0 Å². The molecule has 0 atom stereocenters. The Morgan fingerprint density at radius 1 is 0.903 bits per heavy atom. The van der Waals surface area contributed by atoms with Gasteiger partial charge in [-0.3, -0.25) is 4.79 Å². The highest BCUT2D eigenvalue weighted by Crippen LogP contribution is 2.26. The zero-order valence-electron chi connectivity index (χ0n) is 18.1. The number of carbonyl (C=O) groups is 2. The molecule has 6 heteroatoms. The summed E-state index contributed by atoms with van der Waals surface area (Å²) in [7, 11) is 0. The van der Waals surface area contributed by atoms with Crippen molar-refractivity contribution >= 4 is 22.8 Å². The molecule has 6 nitrogen and oxygen atoms in total. The van der Waals surface area contributed by atoms with E-state index < -0.39 is 6.09 Å². The average molecular weight is 421 g/mol. The number of benzene rings is 3. The lowest BCUT2D eigenvalue weighted by Gasteiger charge is -2.13. The van der Waals surface area contributed by atoms with Crippen molar-refractivity contribution in [1.82, 2.24) is 10.6 Å².